The van der Waals surface area contributed by atoms with Gasteiger partial charge in [-0.05, 0) is 24.8 Å². The van der Waals surface area contributed by atoms with Crippen molar-refractivity contribution in [3.05, 3.63) is 22.2 Å². The number of rotatable bonds is 4. The fraction of sp³-hybridized carbons (Fsp3) is 0.643. The van der Waals surface area contributed by atoms with Gasteiger partial charge in [-0.2, -0.15) is 0 Å². The van der Waals surface area contributed by atoms with Crippen molar-refractivity contribution in [2.45, 2.75) is 38.6 Å². The van der Waals surface area contributed by atoms with Gasteiger partial charge in [0.1, 0.15) is 5.82 Å². The Morgan fingerprint density at radius 3 is 2.80 bits per heavy atom. The number of anilines is 2. The third-order valence-corrected chi connectivity index (χ3v) is 4.10. The van der Waals surface area contributed by atoms with Gasteiger partial charge in [0.25, 0.3) is 0 Å². The van der Waals surface area contributed by atoms with Gasteiger partial charge in [0.05, 0.1) is 4.92 Å². The lowest BCUT2D eigenvalue weighted by Crippen LogP contribution is -2.36. The Kier molecular flexibility index (Phi) is 4.42. The highest BCUT2D eigenvalue weighted by Gasteiger charge is 2.28. The van der Waals surface area contributed by atoms with E-state index in [1.54, 1.807) is 13.1 Å². The van der Waals surface area contributed by atoms with Crippen LogP contribution in [0.4, 0.5) is 17.3 Å². The standard InChI is InChI=1S/C14H22N4O2/c1-10-5-4-6-11(9-10)17(3)14-12(18(19)20)7-8-13(15-2)16-14/h7-8,10-11H,4-6,9H2,1-3H3,(H,15,16). The molecule has 1 aliphatic carbocycles. The molecule has 110 valence electrons. The molecule has 0 radical (unpaired) electrons. The van der Waals surface area contributed by atoms with Gasteiger partial charge in [-0.3, -0.25) is 10.1 Å². The maximum absolute atomic E-state index is 11.2. The van der Waals surface area contributed by atoms with E-state index in [1.165, 1.54) is 18.9 Å². The zero-order valence-corrected chi connectivity index (χ0v) is 12.3. The van der Waals surface area contributed by atoms with Crippen LogP contribution in [0.25, 0.3) is 0 Å². The fourth-order valence-electron chi connectivity index (χ4n) is 2.91. The molecule has 0 spiro atoms. The van der Waals surface area contributed by atoms with E-state index in [2.05, 4.69) is 17.2 Å². The van der Waals surface area contributed by atoms with Crippen LogP contribution in [0.3, 0.4) is 0 Å². The van der Waals surface area contributed by atoms with Gasteiger partial charge in [-0.15, -0.1) is 0 Å². The summed E-state index contributed by atoms with van der Waals surface area (Å²) in [5.41, 5.74) is 0.0738. The molecule has 1 fully saturated rings. The first-order chi connectivity index (χ1) is 9.52. The van der Waals surface area contributed by atoms with E-state index in [0.717, 1.165) is 12.8 Å². The van der Waals surface area contributed by atoms with Gasteiger partial charge < -0.3 is 10.2 Å². The third-order valence-electron chi connectivity index (χ3n) is 4.10. The van der Waals surface area contributed by atoms with Crippen LogP contribution < -0.4 is 10.2 Å². The molecule has 0 aliphatic heterocycles. The highest BCUT2D eigenvalue weighted by atomic mass is 16.6. The Bertz CT molecular complexity index is 492. The molecule has 0 saturated heterocycles. The Labute approximate surface area is 119 Å². The first kappa shape index (κ1) is 14.6. The number of pyridine rings is 1. The van der Waals surface area contributed by atoms with Crippen LogP contribution in [0, 0.1) is 16.0 Å². The lowest BCUT2D eigenvalue weighted by atomic mass is 9.86. The molecule has 1 N–H and O–H groups in total. The van der Waals surface area contributed by atoms with Crippen molar-refractivity contribution in [1.82, 2.24) is 4.98 Å². The summed E-state index contributed by atoms with van der Waals surface area (Å²) in [5.74, 6) is 1.78. The normalized spacial score (nSPS) is 22.4. The monoisotopic (exact) mass is 278 g/mol. The average Bonchev–Trinajstić information content (AvgIpc) is 2.45. The van der Waals surface area contributed by atoms with Crippen molar-refractivity contribution >= 4 is 17.3 Å². The Morgan fingerprint density at radius 1 is 1.45 bits per heavy atom. The summed E-state index contributed by atoms with van der Waals surface area (Å²) < 4.78 is 0. The molecule has 1 saturated carbocycles. The number of hydrogen-bond donors (Lipinski definition) is 1. The second-order valence-electron chi connectivity index (χ2n) is 5.58. The number of nitrogens with one attached hydrogen (secondary N) is 1. The predicted octanol–water partition coefficient (Wildman–Crippen LogP) is 3.05. The second-order valence-corrected chi connectivity index (χ2v) is 5.58. The van der Waals surface area contributed by atoms with E-state index < -0.39 is 0 Å². The van der Waals surface area contributed by atoms with Crippen LogP contribution in [0.5, 0.6) is 0 Å². The van der Waals surface area contributed by atoms with Crippen LogP contribution in [-0.2, 0) is 0 Å². The smallest absolute Gasteiger partial charge is 0.311 e. The fourth-order valence-corrected chi connectivity index (χ4v) is 2.91. The van der Waals surface area contributed by atoms with Gasteiger partial charge in [0.2, 0.25) is 5.82 Å². The molecular formula is C14H22N4O2. The van der Waals surface area contributed by atoms with Crippen LogP contribution in [0.2, 0.25) is 0 Å². The number of hydrogen-bond acceptors (Lipinski definition) is 5. The summed E-state index contributed by atoms with van der Waals surface area (Å²) in [6.45, 7) is 2.24. The molecular weight excluding hydrogens is 256 g/mol. The van der Waals surface area contributed by atoms with Crippen molar-refractivity contribution in [3.8, 4) is 0 Å². The maximum Gasteiger partial charge on any atom is 0.311 e. The highest BCUT2D eigenvalue weighted by Crippen LogP contribution is 2.33. The molecule has 1 aromatic rings. The quantitative estimate of drug-likeness (QED) is 0.677. The largest absolute Gasteiger partial charge is 0.373 e. The summed E-state index contributed by atoms with van der Waals surface area (Å²) in [6.07, 6.45) is 4.56. The molecule has 1 aliphatic rings. The van der Waals surface area contributed by atoms with Crippen molar-refractivity contribution < 1.29 is 4.92 Å². The van der Waals surface area contributed by atoms with E-state index in [-0.39, 0.29) is 10.6 Å². The number of aromatic nitrogens is 1. The molecule has 0 bridgehead atoms. The molecule has 6 heteroatoms. The number of nitro groups is 1. The van der Waals surface area contributed by atoms with Crippen molar-refractivity contribution in [2.24, 2.45) is 5.92 Å². The van der Waals surface area contributed by atoms with Crippen LogP contribution in [0.15, 0.2) is 12.1 Å². The molecule has 2 unspecified atom stereocenters. The van der Waals surface area contributed by atoms with E-state index in [9.17, 15) is 10.1 Å². The minimum Gasteiger partial charge on any atom is -0.373 e. The first-order valence-corrected chi connectivity index (χ1v) is 7.09. The zero-order chi connectivity index (χ0) is 14.7. The lowest BCUT2D eigenvalue weighted by molar-refractivity contribution is -0.384. The lowest BCUT2D eigenvalue weighted by Gasteiger charge is -2.34. The summed E-state index contributed by atoms with van der Waals surface area (Å²) in [7, 11) is 3.68. The SMILES string of the molecule is CNc1ccc([N+](=O)[O-])c(N(C)C2CCCC(C)C2)n1. The summed E-state index contributed by atoms with van der Waals surface area (Å²) in [6, 6.07) is 3.49. The Balaban J connectivity index is 2.31. The second kappa shape index (κ2) is 6.07. The summed E-state index contributed by atoms with van der Waals surface area (Å²) >= 11 is 0. The van der Waals surface area contributed by atoms with Gasteiger partial charge in [-0.25, -0.2) is 4.98 Å². The maximum atomic E-state index is 11.2. The molecule has 6 nitrogen and oxygen atoms in total. The van der Waals surface area contributed by atoms with Crippen LogP contribution in [0.1, 0.15) is 32.6 Å². The molecule has 0 aromatic carbocycles. The minimum absolute atomic E-state index is 0.0738. The average molecular weight is 278 g/mol. The topological polar surface area (TPSA) is 71.3 Å². The molecule has 2 rings (SSSR count). The summed E-state index contributed by atoms with van der Waals surface area (Å²) in [5, 5.41) is 14.1. The van der Waals surface area contributed by atoms with E-state index in [0.29, 0.717) is 23.6 Å². The molecule has 20 heavy (non-hydrogen) atoms. The van der Waals surface area contributed by atoms with Gasteiger partial charge in [0.15, 0.2) is 0 Å². The Hall–Kier alpha value is -1.85. The van der Waals surface area contributed by atoms with Crippen LogP contribution in [-0.4, -0.2) is 30.0 Å². The third kappa shape index (κ3) is 3.00. The van der Waals surface area contributed by atoms with Gasteiger partial charge in [-0.1, -0.05) is 19.8 Å². The Morgan fingerprint density at radius 2 is 2.20 bits per heavy atom. The number of nitrogens with zero attached hydrogens (tertiary/aromatic N) is 3. The first-order valence-electron chi connectivity index (χ1n) is 7.09. The van der Waals surface area contributed by atoms with Crippen molar-refractivity contribution in [3.63, 3.8) is 0 Å². The molecule has 1 aromatic heterocycles. The summed E-state index contributed by atoms with van der Waals surface area (Å²) in [4.78, 5) is 17.2. The van der Waals surface area contributed by atoms with E-state index >= 15 is 0 Å². The highest BCUT2D eigenvalue weighted by molar-refractivity contribution is 5.61. The van der Waals surface area contributed by atoms with E-state index in [4.69, 9.17) is 0 Å². The van der Waals surface area contributed by atoms with Crippen molar-refractivity contribution in [2.75, 3.05) is 24.3 Å². The van der Waals surface area contributed by atoms with Crippen LogP contribution >= 0.6 is 0 Å². The molecule has 0 amide bonds. The van der Waals surface area contributed by atoms with Crippen molar-refractivity contribution in [1.29, 1.82) is 0 Å². The molecule has 1 heterocycles. The van der Waals surface area contributed by atoms with Gasteiger partial charge in [0, 0.05) is 26.2 Å². The van der Waals surface area contributed by atoms with E-state index in [1.807, 2.05) is 11.9 Å². The zero-order valence-electron chi connectivity index (χ0n) is 12.3. The molecule has 2 atom stereocenters. The predicted molar refractivity (Wildman–Crippen MR) is 80.3 cm³/mol. The minimum atomic E-state index is -0.357. The van der Waals surface area contributed by atoms with Gasteiger partial charge >= 0.3 is 5.69 Å².